The van der Waals surface area contributed by atoms with Crippen LogP contribution in [0.3, 0.4) is 0 Å². The second kappa shape index (κ2) is 9.50. The Balaban J connectivity index is 1.60. The Bertz CT molecular complexity index is 1440. The molecule has 1 heterocycles. The van der Waals surface area contributed by atoms with E-state index < -0.39 is 21.6 Å². The lowest BCUT2D eigenvalue weighted by Gasteiger charge is -2.29. The molecule has 36 heavy (non-hydrogen) atoms. The normalized spacial score (nSPS) is 20.7. The first kappa shape index (κ1) is 24.2. The van der Waals surface area contributed by atoms with Crippen molar-refractivity contribution in [1.82, 2.24) is 5.32 Å². The number of halogens is 1. The molecular weight excluding hydrogens is 479 g/mol. The summed E-state index contributed by atoms with van der Waals surface area (Å²) in [5.41, 5.74) is 1.09. The van der Waals surface area contributed by atoms with Crippen molar-refractivity contribution >= 4 is 27.3 Å². The van der Waals surface area contributed by atoms with Crippen LogP contribution in [0.25, 0.3) is 0 Å². The van der Waals surface area contributed by atoms with Crippen LogP contribution in [0.1, 0.15) is 58.9 Å². The van der Waals surface area contributed by atoms with Crippen molar-refractivity contribution in [3.63, 3.8) is 0 Å². The molecule has 8 heteroatoms. The summed E-state index contributed by atoms with van der Waals surface area (Å²) in [6, 6.07) is 16.2. The maximum atomic E-state index is 13.7. The van der Waals surface area contributed by atoms with Crippen molar-refractivity contribution in [2.75, 3.05) is 4.90 Å². The van der Waals surface area contributed by atoms with Gasteiger partial charge in [0.15, 0.2) is 0 Å². The molecule has 3 aromatic carbocycles. The van der Waals surface area contributed by atoms with Crippen LogP contribution in [0.2, 0.25) is 0 Å². The quantitative estimate of drug-likeness (QED) is 0.532. The summed E-state index contributed by atoms with van der Waals surface area (Å²) < 4.78 is 40.7. The average Bonchev–Trinajstić information content (AvgIpc) is 2.94. The highest BCUT2D eigenvalue weighted by Crippen LogP contribution is 2.38. The van der Waals surface area contributed by atoms with E-state index in [1.165, 1.54) is 47.4 Å². The van der Waals surface area contributed by atoms with Crippen LogP contribution in [-0.2, 0) is 16.4 Å². The van der Waals surface area contributed by atoms with E-state index in [2.05, 4.69) is 12.2 Å². The third-order valence-corrected chi connectivity index (χ3v) is 8.99. The first-order valence-corrected chi connectivity index (χ1v) is 13.6. The molecule has 186 valence electrons. The fourth-order valence-electron chi connectivity index (χ4n) is 5.06. The van der Waals surface area contributed by atoms with Crippen molar-refractivity contribution in [2.24, 2.45) is 5.92 Å². The van der Waals surface area contributed by atoms with Crippen LogP contribution in [0.15, 0.2) is 76.5 Å². The van der Waals surface area contributed by atoms with Crippen LogP contribution in [0.5, 0.6) is 0 Å². The van der Waals surface area contributed by atoms with Crippen LogP contribution in [-0.4, -0.2) is 26.3 Å². The zero-order valence-corrected chi connectivity index (χ0v) is 20.7. The van der Waals surface area contributed by atoms with Gasteiger partial charge in [0.1, 0.15) is 5.82 Å². The number of hydrogen-bond donors (Lipinski definition) is 1. The van der Waals surface area contributed by atoms with Crippen LogP contribution < -0.4 is 10.2 Å². The number of carbonyl (C=O) groups excluding carboxylic acids is 2. The number of nitrogens with zero attached hydrogens (tertiary/aromatic N) is 1. The first-order valence-electron chi connectivity index (χ1n) is 12.1. The predicted molar refractivity (Wildman–Crippen MR) is 134 cm³/mol. The summed E-state index contributed by atoms with van der Waals surface area (Å²) in [5.74, 6) is -0.860. The molecule has 0 unspecified atom stereocenters. The molecule has 1 aliphatic heterocycles. The number of carbonyl (C=O) groups is 2. The van der Waals surface area contributed by atoms with Gasteiger partial charge in [-0.2, -0.15) is 0 Å². The first-order chi connectivity index (χ1) is 17.3. The Labute approximate surface area is 210 Å². The number of sulfone groups is 1. The Kier molecular flexibility index (Phi) is 6.38. The van der Waals surface area contributed by atoms with Crippen molar-refractivity contribution in [3.8, 4) is 0 Å². The fraction of sp³-hybridized carbons (Fsp3) is 0.286. The smallest absolute Gasteiger partial charge is 0.259 e. The van der Waals surface area contributed by atoms with Gasteiger partial charge in [-0.25, -0.2) is 12.8 Å². The lowest BCUT2D eigenvalue weighted by Crippen LogP contribution is -2.41. The van der Waals surface area contributed by atoms with E-state index in [1.54, 1.807) is 24.3 Å². The largest absolute Gasteiger partial charge is 0.349 e. The van der Waals surface area contributed by atoms with Crippen LogP contribution in [0.4, 0.5) is 10.1 Å². The van der Waals surface area contributed by atoms with Crippen LogP contribution in [0, 0.1) is 11.7 Å². The van der Waals surface area contributed by atoms with Gasteiger partial charge in [0, 0.05) is 11.6 Å². The number of anilines is 1. The highest BCUT2D eigenvalue weighted by atomic mass is 32.2. The van der Waals surface area contributed by atoms with Gasteiger partial charge in [-0.3, -0.25) is 9.59 Å². The van der Waals surface area contributed by atoms with Gasteiger partial charge in [0.2, 0.25) is 9.84 Å². The lowest BCUT2D eigenvalue weighted by atomic mass is 9.86. The molecule has 2 atom stereocenters. The number of amides is 2. The van der Waals surface area contributed by atoms with Crippen molar-refractivity contribution in [2.45, 2.75) is 55.0 Å². The van der Waals surface area contributed by atoms with E-state index in [4.69, 9.17) is 0 Å². The zero-order chi connectivity index (χ0) is 25.4. The van der Waals surface area contributed by atoms with Crippen molar-refractivity contribution in [3.05, 3.63) is 89.2 Å². The topological polar surface area (TPSA) is 83.6 Å². The summed E-state index contributed by atoms with van der Waals surface area (Å²) in [5, 5.41) is 3.09. The van der Waals surface area contributed by atoms with E-state index in [-0.39, 0.29) is 45.1 Å². The fourth-order valence-corrected chi connectivity index (χ4v) is 6.69. The number of hydrogen-bond acceptors (Lipinski definition) is 4. The van der Waals surface area contributed by atoms with Gasteiger partial charge in [-0.05, 0) is 66.8 Å². The van der Waals surface area contributed by atoms with Gasteiger partial charge in [-0.15, -0.1) is 0 Å². The summed E-state index contributed by atoms with van der Waals surface area (Å²) in [7, 11) is -4.04. The molecule has 0 aromatic heterocycles. The van der Waals surface area contributed by atoms with Crippen LogP contribution >= 0.6 is 0 Å². The molecule has 1 aliphatic carbocycles. The lowest BCUT2D eigenvalue weighted by molar-refractivity contribution is 0.0908. The third-order valence-electron chi connectivity index (χ3n) is 7.14. The van der Waals surface area contributed by atoms with Gasteiger partial charge in [-0.1, -0.05) is 44.0 Å². The highest BCUT2D eigenvalue weighted by Gasteiger charge is 2.36. The second-order valence-electron chi connectivity index (χ2n) is 9.54. The molecule has 1 N–H and O–H groups in total. The van der Waals surface area contributed by atoms with E-state index in [1.807, 2.05) is 0 Å². The van der Waals surface area contributed by atoms with Gasteiger partial charge >= 0.3 is 0 Å². The van der Waals surface area contributed by atoms with Gasteiger partial charge in [0.25, 0.3) is 11.8 Å². The minimum atomic E-state index is -4.04. The number of rotatable bonds is 4. The Morgan fingerprint density at radius 2 is 1.72 bits per heavy atom. The molecule has 1 fully saturated rings. The predicted octanol–water partition coefficient (Wildman–Crippen LogP) is 5.13. The second-order valence-corrected chi connectivity index (χ2v) is 11.4. The summed E-state index contributed by atoms with van der Waals surface area (Å²) >= 11 is 0. The molecule has 5 rings (SSSR count). The Morgan fingerprint density at radius 1 is 1.00 bits per heavy atom. The van der Waals surface area contributed by atoms with Crippen molar-refractivity contribution in [1.29, 1.82) is 0 Å². The minimum absolute atomic E-state index is 0.0146. The molecule has 6 nitrogen and oxygen atoms in total. The van der Waals surface area contributed by atoms with Crippen molar-refractivity contribution < 1.29 is 22.4 Å². The van der Waals surface area contributed by atoms with Gasteiger partial charge < -0.3 is 10.2 Å². The molecule has 0 saturated heterocycles. The SMILES string of the molecule is C[C@@H]1CCCC[C@H]1NC(=O)c1ccc2c(c1)N(Cc1ccc(F)cc1)C(=O)c1ccccc1S2(=O)=O. The Morgan fingerprint density at radius 3 is 2.47 bits per heavy atom. The van der Waals surface area contributed by atoms with Gasteiger partial charge in [0.05, 0.1) is 27.6 Å². The molecule has 0 spiro atoms. The molecule has 3 aromatic rings. The molecule has 0 radical (unpaired) electrons. The maximum absolute atomic E-state index is 13.7. The summed E-state index contributed by atoms with van der Waals surface area (Å²) in [6.07, 6.45) is 4.14. The van der Waals surface area contributed by atoms with E-state index in [9.17, 15) is 22.4 Å². The number of nitrogens with one attached hydrogen (secondary N) is 1. The zero-order valence-electron chi connectivity index (χ0n) is 19.9. The standard InChI is InChI=1S/C28H27FN2O4S/c1-18-6-2-4-8-23(18)30-27(32)20-12-15-26-24(16-20)31(17-19-10-13-21(29)14-11-19)28(33)22-7-3-5-9-25(22)36(26,34)35/h3,5,7,9-16,18,23H,2,4,6,8,17H2,1H3,(H,30,32)/t18-,23-/m1/s1. The monoisotopic (exact) mass is 506 g/mol. The molecule has 2 amide bonds. The van der Waals surface area contributed by atoms with E-state index >= 15 is 0 Å². The summed E-state index contributed by atoms with van der Waals surface area (Å²) in [6.45, 7) is 2.13. The number of fused-ring (bicyclic) bond motifs is 2. The molecule has 0 bridgehead atoms. The van der Waals surface area contributed by atoms with E-state index in [0.717, 1.165) is 25.7 Å². The maximum Gasteiger partial charge on any atom is 0.259 e. The third kappa shape index (κ3) is 4.41. The minimum Gasteiger partial charge on any atom is -0.349 e. The summed E-state index contributed by atoms with van der Waals surface area (Å²) in [4.78, 5) is 28.1. The number of benzene rings is 3. The molecular formula is C28H27FN2O4S. The van der Waals surface area contributed by atoms with E-state index in [0.29, 0.717) is 11.5 Å². The molecule has 1 saturated carbocycles. The Hall–Kier alpha value is -3.52. The molecule has 2 aliphatic rings. The highest BCUT2D eigenvalue weighted by molar-refractivity contribution is 7.91. The average molecular weight is 507 g/mol.